The van der Waals surface area contributed by atoms with E-state index >= 15 is 0 Å². The third-order valence-corrected chi connectivity index (χ3v) is 5.44. The summed E-state index contributed by atoms with van der Waals surface area (Å²) in [6, 6.07) is 8.53. The Hall–Kier alpha value is -0.580. The summed E-state index contributed by atoms with van der Waals surface area (Å²) in [5.41, 5.74) is 1.42. The summed E-state index contributed by atoms with van der Waals surface area (Å²) < 4.78 is 0. The first-order valence-corrected chi connectivity index (χ1v) is 7.22. The molecular formula is C11H9ClN2S2. The molecule has 0 fully saturated rings. The predicted octanol–water partition coefficient (Wildman–Crippen LogP) is 3.67. The van der Waals surface area contributed by atoms with E-state index in [1.165, 1.54) is 10.5 Å². The molecule has 1 unspecified atom stereocenters. The molecule has 0 bridgehead atoms. The smallest absolute Gasteiger partial charge is 0.132 e. The maximum Gasteiger partial charge on any atom is 0.132 e. The molecule has 0 amide bonds. The highest BCUT2D eigenvalue weighted by atomic mass is 35.5. The average Bonchev–Trinajstić information content (AvgIpc) is 2.95. The van der Waals surface area contributed by atoms with Gasteiger partial charge in [0, 0.05) is 4.90 Å². The molecule has 0 N–H and O–H groups in total. The maximum absolute atomic E-state index is 5.74. The molecule has 0 saturated heterocycles. The van der Waals surface area contributed by atoms with Crippen molar-refractivity contribution in [2.75, 3.05) is 0 Å². The molecule has 16 heavy (non-hydrogen) atoms. The van der Waals surface area contributed by atoms with Crippen LogP contribution in [0.15, 0.2) is 29.2 Å². The van der Waals surface area contributed by atoms with Crippen LogP contribution in [-0.2, 0) is 12.3 Å². The molecule has 0 radical (unpaired) electrons. The Bertz CT molecular complexity index is 487. The molecule has 82 valence electrons. The quantitative estimate of drug-likeness (QED) is 0.778. The average molecular weight is 269 g/mol. The maximum atomic E-state index is 5.74. The van der Waals surface area contributed by atoms with Crippen LogP contribution in [0, 0.1) is 0 Å². The number of hydrogen-bond acceptors (Lipinski definition) is 4. The summed E-state index contributed by atoms with van der Waals surface area (Å²) in [6.07, 6.45) is 1.05. The van der Waals surface area contributed by atoms with E-state index in [2.05, 4.69) is 34.5 Å². The van der Waals surface area contributed by atoms with Crippen LogP contribution in [0.25, 0.3) is 0 Å². The Morgan fingerprint density at radius 3 is 2.94 bits per heavy atom. The first kappa shape index (κ1) is 10.6. The Morgan fingerprint density at radius 2 is 2.19 bits per heavy atom. The van der Waals surface area contributed by atoms with Crippen LogP contribution >= 0.6 is 34.7 Å². The van der Waals surface area contributed by atoms with Gasteiger partial charge in [0.1, 0.15) is 10.0 Å². The molecule has 0 spiro atoms. The lowest BCUT2D eigenvalue weighted by Crippen LogP contribution is -1.91. The van der Waals surface area contributed by atoms with Crippen LogP contribution in [0.1, 0.15) is 20.8 Å². The minimum Gasteiger partial charge on any atom is -0.142 e. The van der Waals surface area contributed by atoms with Crippen molar-refractivity contribution in [2.45, 2.75) is 22.4 Å². The van der Waals surface area contributed by atoms with Gasteiger partial charge < -0.3 is 0 Å². The summed E-state index contributed by atoms with van der Waals surface area (Å²) >= 11 is 9.24. The second-order valence-corrected chi connectivity index (χ2v) is 6.19. The van der Waals surface area contributed by atoms with E-state index in [9.17, 15) is 0 Å². The lowest BCUT2D eigenvalue weighted by Gasteiger charge is -2.00. The van der Waals surface area contributed by atoms with Gasteiger partial charge >= 0.3 is 0 Å². The van der Waals surface area contributed by atoms with Crippen molar-refractivity contribution in [2.24, 2.45) is 0 Å². The molecule has 1 aromatic heterocycles. The summed E-state index contributed by atoms with van der Waals surface area (Å²) in [5, 5.41) is 10.7. The van der Waals surface area contributed by atoms with Crippen LogP contribution < -0.4 is 0 Å². The molecule has 0 saturated carbocycles. The fourth-order valence-corrected chi connectivity index (χ4v) is 4.13. The van der Waals surface area contributed by atoms with E-state index in [-0.39, 0.29) is 0 Å². The number of fused-ring (bicyclic) bond motifs is 1. The molecule has 1 aliphatic heterocycles. The van der Waals surface area contributed by atoms with Gasteiger partial charge in [-0.2, -0.15) is 0 Å². The molecule has 1 atom stereocenters. The minimum absolute atomic E-state index is 0.423. The second kappa shape index (κ2) is 4.35. The van der Waals surface area contributed by atoms with Crippen molar-refractivity contribution in [3.8, 4) is 0 Å². The van der Waals surface area contributed by atoms with E-state index in [4.69, 9.17) is 11.6 Å². The lowest BCUT2D eigenvalue weighted by atomic mass is 10.1. The van der Waals surface area contributed by atoms with Crippen molar-refractivity contribution in [3.63, 3.8) is 0 Å². The number of halogens is 1. The Balaban J connectivity index is 1.85. The monoisotopic (exact) mass is 268 g/mol. The fraction of sp³-hybridized carbons (Fsp3) is 0.273. The summed E-state index contributed by atoms with van der Waals surface area (Å²) in [5.74, 6) is 0.460. The molecule has 5 heteroatoms. The van der Waals surface area contributed by atoms with Crippen LogP contribution in [0.4, 0.5) is 0 Å². The van der Waals surface area contributed by atoms with Crippen molar-refractivity contribution in [1.29, 1.82) is 0 Å². The highest BCUT2D eigenvalue weighted by Crippen LogP contribution is 2.46. The van der Waals surface area contributed by atoms with Crippen LogP contribution in [0.2, 0.25) is 0 Å². The zero-order chi connectivity index (χ0) is 11.0. The van der Waals surface area contributed by atoms with Crippen molar-refractivity contribution in [1.82, 2.24) is 10.2 Å². The molecule has 0 aliphatic carbocycles. The van der Waals surface area contributed by atoms with Gasteiger partial charge in [-0.3, -0.25) is 0 Å². The summed E-state index contributed by atoms with van der Waals surface area (Å²) in [4.78, 5) is 1.37. The first-order chi connectivity index (χ1) is 7.86. The molecular weight excluding hydrogens is 260 g/mol. The van der Waals surface area contributed by atoms with Gasteiger partial charge in [-0.05, 0) is 18.1 Å². The van der Waals surface area contributed by atoms with Crippen LogP contribution in [-0.4, -0.2) is 10.2 Å². The number of nitrogens with zero attached hydrogens (tertiary/aromatic N) is 2. The number of benzene rings is 1. The highest BCUT2D eigenvalue weighted by Gasteiger charge is 2.26. The molecule has 2 nitrogen and oxygen atoms in total. The Labute approximate surface area is 107 Å². The third-order valence-electron chi connectivity index (χ3n) is 2.52. The van der Waals surface area contributed by atoms with Crippen LogP contribution in [0.5, 0.6) is 0 Å². The number of alkyl halides is 1. The van der Waals surface area contributed by atoms with Crippen LogP contribution in [0.3, 0.4) is 0 Å². The van der Waals surface area contributed by atoms with Gasteiger partial charge in [0.25, 0.3) is 0 Å². The zero-order valence-electron chi connectivity index (χ0n) is 8.39. The van der Waals surface area contributed by atoms with Gasteiger partial charge in [-0.15, -0.1) is 33.6 Å². The van der Waals surface area contributed by atoms with Gasteiger partial charge in [0.15, 0.2) is 0 Å². The van der Waals surface area contributed by atoms with E-state index in [0.717, 1.165) is 16.4 Å². The van der Waals surface area contributed by atoms with Gasteiger partial charge in [0.2, 0.25) is 0 Å². The number of aromatic nitrogens is 2. The van der Waals surface area contributed by atoms with Gasteiger partial charge in [-0.1, -0.05) is 29.5 Å². The van der Waals surface area contributed by atoms with E-state index in [1.54, 1.807) is 11.3 Å². The molecule has 2 heterocycles. The van der Waals surface area contributed by atoms with E-state index < -0.39 is 0 Å². The number of thioether (sulfide) groups is 1. The fourth-order valence-electron chi connectivity index (χ4n) is 1.77. The Morgan fingerprint density at radius 1 is 1.31 bits per heavy atom. The normalized spacial score (nSPS) is 18.7. The first-order valence-electron chi connectivity index (χ1n) is 4.99. The van der Waals surface area contributed by atoms with E-state index in [0.29, 0.717) is 11.1 Å². The van der Waals surface area contributed by atoms with Crippen molar-refractivity contribution in [3.05, 3.63) is 39.8 Å². The standard InChI is InChI=1S/C11H9ClN2S2/c12-6-10-13-14-11(16-10)9-5-7-3-1-2-4-8(7)15-9/h1-4,9H,5-6H2. The third kappa shape index (κ3) is 1.85. The number of hydrogen-bond donors (Lipinski definition) is 0. The minimum atomic E-state index is 0.423. The van der Waals surface area contributed by atoms with Crippen molar-refractivity contribution >= 4 is 34.7 Å². The molecule has 1 aliphatic rings. The lowest BCUT2D eigenvalue weighted by molar-refractivity contribution is 0.889. The largest absolute Gasteiger partial charge is 0.142 e. The highest BCUT2D eigenvalue weighted by molar-refractivity contribution is 8.00. The molecule has 1 aromatic carbocycles. The molecule has 2 aromatic rings. The van der Waals surface area contributed by atoms with Gasteiger partial charge in [0.05, 0.1) is 11.1 Å². The van der Waals surface area contributed by atoms with Crippen molar-refractivity contribution < 1.29 is 0 Å². The number of rotatable bonds is 2. The Kier molecular flexibility index (Phi) is 2.88. The summed E-state index contributed by atoms with van der Waals surface area (Å²) in [6.45, 7) is 0. The molecule has 3 rings (SSSR count). The summed E-state index contributed by atoms with van der Waals surface area (Å²) in [7, 11) is 0. The van der Waals surface area contributed by atoms with E-state index in [1.807, 2.05) is 11.8 Å². The second-order valence-electron chi connectivity index (χ2n) is 3.59. The SMILES string of the molecule is ClCc1nnc(C2Cc3ccccc3S2)s1. The topological polar surface area (TPSA) is 25.8 Å². The predicted molar refractivity (Wildman–Crippen MR) is 68.2 cm³/mol. The van der Waals surface area contributed by atoms with Gasteiger partial charge in [-0.25, -0.2) is 0 Å². The zero-order valence-corrected chi connectivity index (χ0v) is 10.8.